The fourth-order valence-electron chi connectivity index (χ4n) is 2.65. The van der Waals surface area contributed by atoms with E-state index in [-0.39, 0.29) is 35.5 Å². The Hall–Kier alpha value is -0.840. The summed E-state index contributed by atoms with van der Waals surface area (Å²) >= 11 is 0. The molecular formula is C16H20NNaO3. The Kier molecular flexibility index (Phi) is 8.01. The minimum Gasteiger partial charge on any atom is -0.550 e. The van der Waals surface area contributed by atoms with Gasteiger partial charge in [-0.15, -0.1) is 0 Å². The van der Waals surface area contributed by atoms with Gasteiger partial charge in [-0.05, 0) is 49.7 Å². The van der Waals surface area contributed by atoms with Crippen molar-refractivity contribution in [3.63, 3.8) is 0 Å². The summed E-state index contributed by atoms with van der Waals surface area (Å²) in [5.74, 6) is 0.138. The summed E-state index contributed by atoms with van der Waals surface area (Å²) in [6.45, 7) is 0.748. The van der Waals surface area contributed by atoms with Crippen LogP contribution in [0, 0.1) is 11.8 Å². The van der Waals surface area contributed by atoms with Crippen molar-refractivity contribution in [1.29, 1.82) is 0 Å². The van der Waals surface area contributed by atoms with E-state index in [4.69, 9.17) is 4.74 Å². The minimum absolute atomic E-state index is 0. The van der Waals surface area contributed by atoms with Gasteiger partial charge >= 0.3 is 29.6 Å². The number of hydrogen-bond acceptors (Lipinski definition) is 4. The van der Waals surface area contributed by atoms with Crippen LogP contribution in [-0.4, -0.2) is 25.8 Å². The number of nitrogens with zero attached hydrogens (tertiary/aromatic N) is 1. The van der Waals surface area contributed by atoms with E-state index in [1.165, 1.54) is 0 Å². The first kappa shape index (κ1) is 18.2. The van der Waals surface area contributed by atoms with Crippen molar-refractivity contribution in [3.8, 4) is 5.75 Å². The number of benzene rings is 1. The molecule has 0 aliphatic heterocycles. The zero-order valence-corrected chi connectivity index (χ0v) is 14.7. The average molecular weight is 297 g/mol. The summed E-state index contributed by atoms with van der Waals surface area (Å²) in [6.07, 6.45) is 5.11. The molecule has 1 fully saturated rings. The Morgan fingerprint density at radius 3 is 2.62 bits per heavy atom. The molecule has 108 valence electrons. The topological polar surface area (TPSA) is 61.7 Å². The van der Waals surface area contributed by atoms with Crippen LogP contribution in [0.2, 0.25) is 0 Å². The van der Waals surface area contributed by atoms with Gasteiger partial charge in [0.05, 0.1) is 7.11 Å². The standard InChI is InChI=1S/C16H21NO3.Na/c1-20-15-5-3-2-4-14(15)11-17-10-12-6-8-13(9-7-12)16(18)19;/h2-5,11-13H,6-10H2,1H3,(H,18,19);/q;+1/p-1/t12-,13-;. The van der Waals surface area contributed by atoms with E-state index in [9.17, 15) is 9.90 Å². The quantitative estimate of drug-likeness (QED) is 0.500. The number of aliphatic imine (C=N–C) groups is 1. The Morgan fingerprint density at radius 2 is 2.00 bits per heavy atom. The van der Waals surface area contributed by atoms with E-state index < -0.39 is 5.97 Å². The average Bonchev–Trinajstić information content (AvgIpc) is 2.48. The molecule has 1 aliphatic rings. The summed E-state index contributed by atoms with van der Waals surface area (Å²) in [7, 11) is 1.65. The molecule has 1 aromatic carbocycles. The maximum Gasteiger partial charge on any atom is 1.00 e. The Labute approximate surface area is 147 Å². The number of carboxylic acids is 1. The van der Waals surface area contributed by atoms with E-state index in [1.54, 1.807) is 7.11 Å². The summed E-state index contributed by atoms with van der Waals surface area (Å²) in [4.78, 5) is 15.3. The van der Waals surface area contributed by atoms with E-state index in [2.05, 4.69) is 4.99 Å². The SMILES string of the molecule is COc1ccccc1C=NC[C@H]1CC[C@H](C(=O)[O-])CC1.[Na+]. The molecule has 1 saturated carbocycles. The van der Waals surface area contributed by atoms with Crippen molar-refractivity contribution in [3.05, 3.63) is 29.8 Å². The van der Waals surface area contributed by atoms with E-state index in [0.717, 1.165) is 43.5 Å². The number of methoxy groups -OCH3 is 1. The van der Waals surface area contributed by atoms with Gasteiger partial charge in [-0.2, -0.15) is 0 Å². The molecule has 0 unspecified atom stereocenters. The first-order valence-electron chi connectivity index (χ1n) is 7.04. The zero-order valence-electron chi connectivity index (χ0n) is 12.7. The van der Waals surface area contributed by atoms with Gasteiger partial charge in [0.1, 0.15) is 5.75 Å². The van der Waals surface area contributed by atoms with Gasteiger partial charge in [-0.1, -0.05) is 12.1 Å². The third kappa shape index (κ3) is 5.46. The van der Waals surface area contributed by atoms with Crippen molar-refractivity contribution in [1.82, 2.24) is 0 Å². The van der Waals surface area contributed by atoms with Crippen LogP contribution in [-0.2, 0) is 4.79 Å². The molecular weight excluding hydrogens is 277 g/mol. The van der Waals surface area contributed by atoms with E-state index in [1.807, 2.05) is 30.5 Å². The van der Waals surface area contributed by atoms with E-state index >= 15 is 0 Å². The van der Waals surface area contributed by atoms with Gasteiger partial charge in [0, 0.05) is 24.3 Å². The predicted molar refractivity (Wildman–Crippen MR) is 75.9 cm³/mol. The van der Waals surface area contributed by atoms with Gasteiger partial charge in [0.2, 0.25) is 0 Å². The molecule has 5 heteroatoms. The fourth-order valence-corrected chi connectivity index (χ4v) is 2.65. The monoisotopic (exact) mass is 297 g/mol. The number of rotatable bonds is 5. The molecule has 0 spiro atoms. The second kappa shape index (κ2) is 9.23. The molecule has 0 N–H and O–H groups in total. The van der Waals surface area contributed by atoms with Gasteiger partial charge in [-0.25, -0.2) is 0 Å². The maximum absolute atomic E-state index is 10.8. The van der Waals surface area contributed by atoms with Crippen LogP contribution in [0.4, 0.5) is 0 Å². The summed E-state index contributed by atoms with van der Waals surface area (Å²) < 4.78 is 5.26. The zero-order chi connectivity index (χ0) is 14.4. The molecule has 0 radical (unpaired) electrons. The van der Waals surface area contributed by atoms with Gasteiger partial charge in [-0.3, -0.25) is 4.99 Å². The van der Waals surface area contributed by atoms with Crippen LogP contribution in [0.25, 0.3) is 0 Å². The Morgan fingerprint density at radius 1 is 1.33 bits per heavy atom. The van der Waals surface area contributed by atoms with Crippen LogP contribution in [0.3, 0.4) is 0 Å². The van der Waals surface area contributed by atoms with Crippen molar-refractivity contribution in [2.75, 3.05) is 13.7 Å². The Bertz CT molecular complexity index is 482. The third-order valence-corrected chi connectivity index (χ3v) is 3.91. The second-order valence-corrected chi connectivity index (χ2v) is 5.27. The first-order chi connectivity index (χ1) is 9.70. The molecule has 0 heterocycles. The number of para-hydroxylation sites is 1. The van der Waals surface area contributed by atoms with Crippen LogP contribution < -0.4 is 39.4 Å². The second-order valence-electron chi connectivity index (χ2n) is 5.27. The molecule has 0 bridgehead atoms. The van der Waals surface area contributed by atoms with Crippen LogP contribution in [0.15, 0.2) is 29.3 Å². The third-order valence-electron chi connectivity index (χ3n) is 3.91. The minimum atomic E-state index is -0.902. The molecule has 0 atom stereocenters. The molecule has 2 rings (SSSR count). The molecule has 0 amide bonds. The number of aliphatic carboxylic acids is 1. The van der Waals surface area contributed by atoms with Crippen molar-refractivity contribution < 1.29 is 44.2 Å². The fraction of sp³-hybridized carbons (Fsp3) is 0.500. The van der Waals surface area contributed by atoms with E-state index in [0.29, 0.717) is 5.92 Å². The van der Waals surface area contributed by atoms with Crippen molar-refractivity contribution in [2.24, 2.45) is 16.8 Å². The van der Waals surface area contributed by atoms with Crippen molar-refractivity contribution >= 4 is 12.2 Å². The largest absolute Gasteiger partial charge is 1.00 e. The van der Waals surface area contributed by atoms with Crippen LogP contribution in [0.1, 0.15) is 31.2 Å². The van der Waals surface area contributed by atoms with Crippen LogP contribution >= 0.6 is 0 Å². The Balaban J connectivity index is 0.00000220. The van der Waals surface area contributed by atoms with Gasteiger partial charge < -0.3 is 14.6 Å². The molecule has 0 aromatic heterocycles. The summed E-state index contributed by atoms with van der Waals surface area (Å²) in [6, 6.07) is 7.76. The molecule has 1 aromatic rings. The van der Waals surface area contributed by atoms with Gasteiger partial charge in [0.25, 0.3) is 0 Å². The number of carbonyl (C=O) groups is 1. The number of carbonyl (C=O) groups excluding carboxylic acids is 1. The van der Waals surface area contributed by atoms with Gasteiger partial charge in [0.15, 0.2) is 0 Å². The smallest absolute Gasteiger partial charge is 0.550 e. The predicted octanol–water partition coefficient (Wildman–Crippen LogP) is -1.33. The summed E-state index contributed by atoms with van der Waals surface area (Å²) in [5.41, 5.74) is 0.971. The van der Waals surface area contributed by atoms with Crippen LogP contribution in [0.5, 0.6) is 5.75 Å². The summed E-state index contributed by atoms with van der Waals surface area (Å²) in [5, 5.41) is 10.8. The first-order valence-corrected chi connectivity index (χ1v) is 7.04. The number of carboxylic acid groups (broad SMARTS) is 1. The maximum atomic E-state index is 10.8. The molecule has 1 aliphatic carbocycles. The molecule has 4 nitrogen and oxygen atoms in total. The molecule has 0 saturated heterocycles. The number of ether oxygens (including phenoxy) is 1. The normalized spacial score (nSPS) is 21.8. The molecule has 21 heavy (non-hydrogen) atoms. The van der Waals surface area contributed by atoms with Crippen molar-refractivity contribution in [2.45, 2.75) is 25.7 Å². The number of hydrogen-bond donors (Lipinski definition) is 0.